The van der Waals surface area contributed by atoms with E-state index in [1.807, 2.05) is 27.7 Å². The third-order valence-electron chi connectivity index (χ3n) is 1.32. The third-order valence-corrected chi connectivity index (χ3v) is 1.32. The van der Waals surface area contributed by atoms with Gasteiger partial charge in [-0.1, -0.05) is 49.5 Å². The second-order valence-electron chi connectivity index (χ2n) is 3.04. The zero-order valence-corrected chi connectivity index (χ0v) is 17.3. The number of rotatable bonds is 3. The smallest absolute Gasteiger partial charge is 0.155 e. The number of Topliss-reactive ketones (excluding diaryl/α,β-unsaturated/α-hetero) is 1. The van der Waals surface area contributed by atoms with Crippen molar-refractivity contribution in [1.82, 2.24) is 0 Å². The van der Waals surface area contributed by atoms with Crippen molar-refractivity contribution in [2.75, 3.05) is 0 Å². The van der Waals surface area contributed by atoms with Crippen LogP contribution in [0.15, 0.2) is 17.7 Å². The largest absolute Gasteiger partial charge is 0.407 e. The van der Waals surface area contributed by atoms with Crippen LogP contribution in [0.4, 0.5) is 0 Å². The van der Waals surface area contributed by atoms with Gasteiger partial charge in [-0.2, -0.15) is 6.08 Å². The van der Waals surface area contributed by atoms with Crippen LogP contribution in [0.1, 0.15) is 77.2 Å². The van der Waals surface area contributed by atoms with Crippen LogP contribution in [0, 0.1) is 6.08 Å². The fourth-order valence-corrected chi connectivity index (χ4v) is 0.610. The van der Waals surface area contributed by atoms with Crippen molar-refractivity contribution in [2.24, 2.45) is 0 Å². The van der Waals surface area contributed by atoms with Crippen molar-refractivity contribution < 1.29 is 47.1 Å². The molecule has 0 saturated heterocycles. The summed E-state index contributed by atoms with van der Waals surface area (Å²) in [5.74, 6) is -0.0783. The second-order valence-corrected chi connectivity index (χ2v) is 3.04. The zero-order valence-electron chi connectivity index (χ0n) is 14.5. The Morgan fingerprint density at radius 3 is 1.14 bits per heavy atom. The van der Waals surface area contributed by atoms with Gasteiger partial charge in [-0.25, -0.2) is 0 Å². The molecule has 0 aliphatic carbocycles. The molecule has 0 amide bonds. The van der Waals surface area contributed by atoms with E-state index in [0.717, 1.165) is 0 Å². The van der Waals surface area contributed by atoms with Crippen molar-refractivity contribution in [1.29, 1.82) is 0 Å². The van der Waals surface area contributed by atoms with Crippen LogP contribution in [-0.4, -0.2) is 17.3 Å². The minimum atomic E-state index is -0.0808. The molecule has 0 heterocycles. The maximum absolute atomic E-state index is 10.5. The summed E-state index contributed by atoms with van der Waals surface area (Å²) in [4.78, 5) is 30.7. The fourth-order valence-electron chi connectivity index (χ4n) is 0.610. The SMILES string of the molecule is C.C.CC.CC.CC(=O)/C=C(\C)C(C)=O.C[C-]=CC(C)=O.[Y]. The Balaban J connectivity index is -0.0000000308. The van der Waals surface area contributed by atoms with Gasteiger partial charge in [0.2, 0.25) is 0 Å². The van der Waals surface area contributed by atoms with Crippen LogP contribution < -0.4 is 0 Å². The molecule has 3 nitrogen and oxygen atoms in total. The van der Waals surface area contributed by atoms with E-state index in [2.05, 4.69) is 6.08 Å². The van der Waals surface area contributed by atoms with Gasteiger partial charge in [0.05, 0.1) is 0 Å². The fraction of sp³-hybridized carbons (Fsp3) is 0.611. The Kier molecular flexibility index (Phi) is 72.6. The van der Waals surface area contributed by atoms with E-state index >= 15 is 0 Å². The van der Waals surface area contributed by atoms with Gasteiger partial charge >= 0.3 is 0 Å². The summed E-state index contributed by atoms with van der Waals surface area (Å²) in [7, 11) is 0. The monoisotopic (exact) mass is 390 g/mol. The van der Waals surface area contributed by atoms with E-state index in [1.54, 1.807) is 13.8 Å². The van der Waals surface area contributed by atoms with Crippen LogP contribution in [0.3, 0.4) is 0 Å². The number of carbonyl (C=O) groups is 3. The predicted molar refractivity (Wildman–Crippen MR) is 95.4 cm³/mol. The van der Waals surface area contributed by atoms with E-state index in [1.165, 1.54) is 32.9 Å². The van der Waals surface area contributed by atoms with Crippen molar-refractivity contribution >= 4 is 17.3 Å². The minimum Gasteiger partial charge on any atom is -0.407 e. The molecule has 0 aliphatic heterocycles. The van der Waals surface area contributed by atoms with Crippen LogP contribution >= 0.6 is 0 Å². The molecule has 0 N–H and O–H groups in total. The van der Waals surface area contributed by atoms with Gasteiger partial charge in [0.25, 0.3) is 0 Å². The Bertz CT molecular complexity index is 303. The Hall–Kier alpha value is -0.406. The normalized spacial score (nSPS) is 7.77. The Morgan fingerprint density at radius 1 is 0.773 bits per heavy atom. The van der Waals surface area contributed by atoms with Crippen LogP contribution in [-0.2, 0) is 47.1 Å². The third kappa shape index (κ3) is 60.4. The van der Waals surface area contributed by atoms with Crippen molar-refractivity contribution in [3.8, 4) is 0 Å². The molecule has 0 bridgehead atoms. The first-order valence-electron chi connectivity index (χ1n) is 6.52. The quantitative estimate of drug-likeness (QED) is 0.480. The first-order chi connectivity index (χ1) is 8.81. The summed E-state index contributed by atoms with van der Waals surface area (Å²) in [6.45, 7) is 15.7. The summed E-state index contributed by atoms with van der Waals surface area (Å²) in [6, 6.07) is 0. The molecule has 0 aromatic heterocycles. The van der Waals surface area contributed by atoms with Gasteiger partial charge in [-0.05, 0) is 38.2 Å². The van der Waals surface area contributed by atoms with Crippen molar-refractivity contribution in [2.45, 2.75) is 77.2 Å². The van der Waals surface area contributed by atoms with Gasteiger partial charge in [0.1, 0.15) is 0 Å². The molecule has 1 radical (unpaired) electrons. The van der Waals surface area contributed by atoms with E-state index in [9.17, 15) is 14.4 Å². The molecule has 22 heavy (non-hydrogen) atoms. The molecule has 0 unspecified atom stereocenters. The van der Waals surface area contributed by atoms with Gasteiger partial charge in [-0.15, -0.1) is 6.92 Å². The van der Waals surface area contributed by atoms with Crippen molar-refractivity contribution in [3.63, 3.8) is 0 Å². The maximum atomic E-state index is 10.5. The maximum Gasteiger partial charge on any atom is 0.155 e. The molecule has 0 fully saturated rings. The number of hydrogen-bond acceptors (Lipinski definition) is 3. The number of allylic oxidation sites excluding steroid dienone is 4. The van der Waals surface area contributed by atoms with Crippen LogP contribution in [0.5, 0.6) is 0 Å². The van der Waals surface area contributed by atoms with E-state index in [0.29, 0.717) is 5.57 Å². The van der Waals surface area contributed by atoms with Gasteiger partial charge in [0, 0.05) is 32.7 Å². The summed E-state index contributed by atoms with van der Waals surface area (Å²) in [5, 5.41) is 0. The summed E-state index contributed by atoms with van der Waals surface area (Å²) in [6.07, 6.45) is 5.33. The molecule has 0 aromatic carbocycles. The Labute approximate surface area is 164 Å². The number of ketones is 3. The second kappa shape index (κ2) is 37.1. The predicted octanol–water partition coefficient (Wildman–Crippen LogP) is 5.39. The van der Waals surface area contributed by atoms with Gasteiger partial charge in [0.15, 0.2) is 11.6 Å². The first kappa shape index (κ1) is 43.0. The molecule has 0 aromatic rings. The van der Waals surface area contributed by atoms with Crippen molar-refractivity contribution in [3.05, 3.63) is 23.8 Å². The topological polar surface area (TPSA) is 51.2 Å². The number of carbonyl (C=O) groups excluding carboxylic acids is 3. The minimum absolute atomic E-state index is 0. The average molecular weight is 390 g/mol. The molecule has 0 atom stereocenters. The molecule has 4 heteroatoms. The first-order valence-corrected chi connectivity index (χ1v) is 6.52. The standard InChI is InChI=1S/C7H10O2.C5H7O.2C2H6.2CH4.Y/c1-5(7(3)9)4-6(2)8;1-3-4-5(2)6;2*1-2;;;/h4H,1-3H3;4H,1-2H3;2*1-2H3;2*1H4;/q;-1;;;;;/b5-4+;;;;;;. The van der Waals surface area contributed by atoms with Crippen LogP contribution in [0.25, 0.3) is 0 Å². The number of hydrogen-bond donors (Lipinski definition) is 0. The van der Waals surface area contributed by atoms with E-state index in [4.69, 9.17) is 0 Å². The molecule has 0 saturated carbocycles. The van der Waals surface area contributed by atoms with Gasteiger partial charge < -0.3 is 4.79 Å². The molecule has 0 spiro atoms. The van der Waals surface area contributed by atoms with E-state index < -0.39 is 0 Å². The molecule has 131 valence electrons. The van der Waals surface area contributed by atoms with Gasteiger partial charge in [-0.3, -0.25) is 15.7 Å². The summed E-state index contributed by atoms with van der Waals surface area (Å²) in [5.41, 5.74) is 0.516. The molecule has 0 aliphatic rings. The van der Waals surface area contributed by atoms with E-state index in [-0.39, 0.29) is 64.9 Å². The molecular weight excluding hydrogens is 353 g/mol. The Morgan fingerprint density at radius 2 is 1.09 bits per heavy atom. The summed E-state index contributed by atoms with van der Waals surface area (Å²) >= 11 is 0. The summed E-state index contributed by atoms with van der Waals surface area (Å²) < 4.78 is 0. The zero-order chi connectivity index (χ0) is 16.4. The van der Waals surface area contributed by atoms with Crippen LogP contribution in [0.2, 0.25) is 0 Å². The average Bonchev–Trinajstić information content (AvgIpc) is 2.33. The molecular formula is C18H37O3Y-. The molecule has 0 rings (SSSR count).